The van der Waals surface area contributed by atoms with Crippen molar-refractivity contribution < 1.29 is 27.6 Å². The van der Waals surface area contributed by atoms with E-state index in [1.165, 1.54) is 15.5 Å². The Morgan fingerprint density at radius 3 is 2.11 bits per heavy atom. The second kappa shape index (κ2) is 12.2. The average Bonchev–Trinajstić information content (AvgIpc) is 3.38. The van der Waals surface area contributed by atoms with Crippen molar-refractivity contribution in [1.29, 1.82) is 0 Å². The molecule has 11 heteroatoms. The standard InChI is InChI=1S/C23H24N2O4S.CH3NO2.ClH/c26-30(27,25-11-9-20-10-14-29-23(20)17-25)22-7-3-19(4-8-22)18-1-5-21(6-2-18)24-12-15-28-16-13-24;3-1-2-4;/h1-8,10,14H,9,11-13,15-17H2;1,4H,(H,2,3);1H. The van der Waals surface area contributed by atoms with Crippen LogP contribution in [0.15, 0.2) is 70.2 Å². The number of carbonyl (C=O) groups is 1. The maximum atomic E-state index is 13.1. The Kier molecular flexibility index (Phi) is 9.30. The largest absolute Gasteiger partial charge is 0.468 e. The van der Waals surface area contributed by atoms with E-state index in [1.807, 2.05) is 18.2 Å². The van der Waals surface area contributed by atoms with Crippen LogP contribution in [0.3, 0.4) is 0 Å². The molecule has 2 N–H and O–H groups in total. The van der Waals surface area contributed by atoms with E-state index in [9.17, 15) is 8.42 Å². The van der Waals surface area contributed by atoms with Crippen LogP contribution in [0, 0.1) is 0 Å². The van der Waals surface area contributed by atoms with Crippen molar-refractivity contribution >= 4 is 34.5 Å². The Hall–Kier alpha value is -2.89. The third-order valence-corrected chi connectivity index (χ3v) is 7.77. The first-order valence-electron chi connectivity index (χ1n) is 10.9. The van der Waals surface area contributed by atoms with Crippen LogP contribution in [0.5, 0.6) is 0 Å². The smallest absolute Gasteiger partial charge is 0.243 e. The molecule has 0 atom stereocenters. The first kappa shape index (κ1) is 26.7. The molecule has 1 aromatic heterocycles. The minimum Gasteiger partial charge on any atom is -0.468 e. The first-order chi connectivity index (χ1) is 16.5. The molecule has 5 rings (SSSR count). The van der Waals surface area contributed by atoms with Crippen molar-refractivity contribution in [1.82, 2.24) is 9.79 Å². The van der Waals surface area contributed by atoms with Crippen LogP contribution < -0.4 is 10.4 Å². The van der Waals surface area contributed by atoms with E-state index in [4.69, 9.17) is 19.2 Å². The summed E-state index contributed by atoms with van der Waals surface area (Å²) in [5.74, 6) is 0.738. The summed E-state index contributed by atoms with van der Waals surface area (Å²) in [5, 5.41) is 7.26. The predicted octanol–water partition coefficient (Wildman–Crippen LogP) is 3.07. The van der Waals surface area contributed by atoms with Gasteiger partial charge in [0.25, 0.3) is 0 Å². The van der Waals surface area contributed by atoms with Crippen LogP contribution in [0.25, 0.3) is 11.1 Å². The number of hydrogen-bond donors (Lipinski definition) is 2. The highest BCUT2D eigenvalue weighted by atomic mass is 35.5. The van der Waals surface area contributed by atoms with Gasteiger partial charge in [-0.3, -0.25) is 10.0 Å². The predicted molar refractivity (Wildman–Crippen MR) is 133 cm³/mol. The minimum absolute atomic E-state index is 0. The van der Waals surface area contributed by atoms with E-state index in [-0.39, 0.29) is 25.4 Å². The molecule has 188 valence electrons. The highest BCUT2D eigenvalue weighted by molar-refractivity contribution is 7.89. The number of rotatable bonds is 5. The minimum atomic E-state index is -3.55. The van der Waals surface area contributed by atoms with Gasteiger partial charge in [-0.15, -0.1) is 12.4 Å². The van der Waals surface area contributed by atoms with E-state index in [0.29, 0.717) is 17.9 Å². The fourth-order valence-electron chi connectivity index (χ4n) is 4.07. The first-order valence-corrected chi connectivity index (χ1v) is 12.4. The molecule has 0 unspecified atom stereocenters. The number of fused-ring (bicyclic) bond motifs is 1. The molecule has 1 amide bonds. The fraction of sp³-hybridized carbons (Fsp3) is 0.292. The van der Waals surface area contributed by atoms with Crippen LogP contribution in [0.4, 0.5) is 5.69 Å². The highest BCUT2D eigenvalue weighted by Gasteiger charge is 2.29. The monoisotopic (exact) mass is 521 g/mol. The van der Waals surface area contributed by atoms with Gasteiger partial charge < -0.3 is 14.1 Å². The van der Waals surface area contributed by atoms with Crippen LogP contribution >= 0.6 is 12.4 Å². The lowest BCUT2D eigenvalue weighted by atomic mass is 10.1. The van der Waals surface area contributed by atoms with Gasteiger partial charge in [0.15, 0.2) is 0 Å². The molecule has 2 aromatic carbocycles. The van der Waals surface area contributed by atoms with Gasteiger partial charge in [-0.05, 0) is 53.4 Å². The number of furan rings is 1. The molecule has 35 heavy (non-hydrogen) atoms. The SMILES string of the molecule is Cl.O=CNO.O=S(=O)(c1ccc(-c2ccc(N3CCOCC3)cc2)cc1)N1CCc2ccoc2C1. The van der Waals surface area contributed by atoms with E-state index < -0.39 is 10.0 Å². The van der Waals surface area contributed by atoms with Crippen molar-refractivity contribution in [3.8, 4) is 11.1 Å². The van der Waals surface area contributed by atoms with Gasteiger partial charge in [0, 0.05) is 25.3 Å². The lowest BCUT2D eigenvalue weighted by molar-refractivity contribution is -0.116. The number of nitrogens with one attached hydrogen (secondary N) is 1. The van der Waals surface area contributed by atoms with Crippen LogP contribution in [0.2, 0.25) is 0 Å². The zero-order chi connectivity index (χ0) is 24.0. The maximum Gasteiger partial charge on any atom is 0.243 e. The number of ether oxygens (including phenoxy) is 1. The molecule has 0 spiro atoms. The Labute approximate surface area is 210 Å². The maximum absolute atomic E-state index is 13.1. The van der Waals surface area contributed by atoms with Crippen molar-refractivity contribution in [3.63, 3.8) is 0 Å². The molecule has 0 aliphatic carbocycles. The molecule has 3 aromatic rings. The van der Waals surface area contributed by atoms with Crippen LogP contribution in [-0.2, 0) is 32.5 Å². The van der Waals surface area contributed by atoms with Gasteiger partial charge in [-0.2, -0.15) is 4.31 Å². The molecular formula is C24H28ClN3O6S. The molecular weight excluding hydrogens is 494 g/mol. The van der Waals surface area contributed by atoms with Gasteiger partial charge >= 0.3 is 0 Å². The summed E-state index contributed by atoms with van der Waals surface area (Å²) in [6, 6.07) is 17.4. The molecule has 1 fully saturated rings. The number of hydrogen-bond acceptors (Lipinski definition) is 7. The number of morpholine rings is 1. The number of nitrogens with zero attached hydrogens (tertiary/aromatic N) is 2. The Morgan fingerprint density at radius 2 is 1.51 bits per heavy atom. The third kappa shape index (κ3) is 6.22. The van der Waals surface area contributed by atoms with Crippen molar-refractivity contribution in [2.45, 2.75) is 17.9 Å². The Bertz CT molecular complexity index is 1190. The Balaban J connectivity index is 0.000000638. The van der Waals surface area contributed by atoms with Gasteiger partial charge in [0.2, 0.25) is 16.4 Å². The number of carbonyl (C=O) groups excluding carboxylic acids is 1. The molecule has 1 saturated heterocycles. The lowest BCUT2D eigenvalue weighted by Gasteiger charge is -2.29. The number of amides is 1. The number of hydroxylamine groups is 1. The summed E-state index contributed by atoms with van der Waals surface area (Å²) in [4.78, 5) is 11.4. The number of benzene rings is 2. The van der Waals surface area contributed by atoms with Crippen LogP contribution in [0.1, 0.15) is 11.3 Å². The van der Waals surface area contributed by atoms with Gasteiger partial charge in [0.1, 0.15) is 5.76 Å². The summed E-state index contributed by atoms with van der Waals surface area (Å²) in [7, 11) is -3.55. The molecule has 9 nitrogen and oxygen atoms in total. The second-order valence-electron chi connectivity index (χ2n) is 7.88. The summed E-state index contributed by atoms with van der Waals surface area (Å²) < 4.78 is 38.4. The van der Waals surface area contributed by atoms with Gasteiger partial charge in [-0.25, -0.2) is 13.9 Å². The molecule has 3 heterocycles. The summed E-state index contributed by atoms with van der Waals surface area (Å²) in [5.41, 5.74) is 5.59. The summed E-state index contributed by atoms with van der Waals surface area (Å²) >= 11 is 0. The summed E-state index contributed by atoms with van der Waals surface area (Å²) in [6.45, 7) is 4.09. The fourth-order valence-corrected chi connectivity index (χ4v) is 5.47. The van der Waals surface area contributed by atoms with Crippen molar-refractivity contribution in [3.05, 3.63) is 72.2 Å². The average molecular weight is 522 g/mol. The van der Waals surface area contributed by atoms with Crippen molar-refractivity contribution in [2.24, 2.45) is 0 Å². The van der Waals surface area contributed by atoms with E-state index in [0.717, 1.165) is 48.8 Å². The van der Waals surface area contributed by atoms with E-state index >= 15 is 0 Å². The van der Waals surface area contributed by atoms with Gasteiger partial charge in [0.05, 0.1) is 30.9 Å². The third-order valence-electron chi connectivity index (χ3n) is 5.91. The topological polar surface area (TPSA) is 112 Å². The molecule has 2 aliphatic rings. The number of sulfonamides is 1. The highest BCUT2D eigenvalue weighted by Crippen LogP contribution is 2.28. The molecule has 0 saturated carbocycles. The Morgan fingerprint density at radius 1 is 0.914 bits per heavy atom. The zero-order valence-corrected chi connectivity index (χ0v) is 20.6. The summed E-state index contributed by atoms with van der Waals surface area (Å²) in [6.07, 6.45) is 2.48. The quantitative estimate of drug-likeness (QED) is 0.301. The lowest BCUT2D eigenvalue weighted by Crippen LogP contribution is -2.36. The molecule has 2 aliphatic heterocycles. The van der Waals surface area contributed by atoms with Crippen molar-refractivity contribution in [2.75, 3.05) is 37.7 Å². The van der Waals surface area contributed by atoms with Crippen LogP contribution in [-0.4, -0.2) is 57.2 Å². The normalized spacial score (nSPS) is 15.7. The van der Waals surface area contributed by atoms with E-state index in [1.54, 1.807) is 18.4 Å². The van der Waals surface area contributed by atoms with E-state index in [2.05, 4.69) is 29.2 Å². The molecule has 0 radical (unpaired) electrons. The second-order valence-corrected chi connectivity index (χ2v) is 9.81. The molecule has 0 bridgehead atoms. The number of halogens is 1. The zero-order valence-electron chi connectivity index (χ0n) is 19.0. The van der Waals surface area contributed by atoms with Gasteiger partial charge in [-0.1, -0.05) is 24.3 Å². The number of anilines is 1.